The van der Waals surface area contributed by atoms with Gasteiger partial charge in [-0.25, -0.2) is 0 Å². The summed E-state index contributed by atoms with van der Waals surface area (Å²) in [6.45, 7) is 2.74. The van der Waals surface area contributed by atoms with Gasteiger partial charge in [0.1, 0.15) is 0 Å². The number of hydrogen-bond donors (Lipinski definition) is 1. The standard InChI is InChI=1S/C13H23N/c1-2-3-9-13(12-14)10-7-5-4-6-8-11-13/h4-12,14H2,1H3. The summed E-state index contributed by atoms with van der Waals surface area (Å²) in [6, 6.07) is 0. The molecule has 0 radical (unpaired) electrons. The highest BCUT2D eigenvalue weighted by molar-refractivity contribution is 5.01. The van der Waals surface area contributed by atoms with Gasteiger partial charge in [0.15, 0.2) is 0 Å². The van der Waals surface area contributed by atoms with Gasteiger partial charge < -0.3 is 5.73 Å². The van der Waals surface area contributed by atoms with E-state index in [2.05, 4.69) is 11.8 Å². The molecule has 0 atom stereocenters. The summed E-state index contributed by atoms with van der Waals surface area (Å²) in [5, 5.41) is 0. The monoisotopic (exact) mass is 193 g/mol. The molecule has 1 rings (SSSR count). The Balaban J connectivity index is 2.55. The van der Waals surface area contributed by atoms with Gasteiger partial charge in [-0.3, -0.25) is 0 Å². The third-order valence-corrected chi connectivity index (χ3v) is 3.49. The van der Waals surface area contributed by atoms with Crippen molar-refractivity contribution in [2.24, 2.45) is 11.1 Å². The van der Waals surface area contributed by atoms with Crippen LogP contribution in [0.25, 0.3) is 0 Å². The summed E-state index contributed by atoms with van der Waals surface area (Å²) in [4.78, 5) is 0. The fraction of sp³-hybridized carbons (Fsp3) is 0.846. The minimum absolute atomic E-state index is 0.351. The first-order valence-electron chi connectivity index (χ1n) is 5.93. The van der Waals surface area contributed by atoms with Crippen molar-refractivity contribution in [3.63, 3.8) is 0 Å². The molecule has 1 heteroatoms. The van der Waals surface area contributed by atoms with E-state index in [-0.39, 0.29) is 0 Å². The fourth-order valence-corrected chi connectivity index (χ4v) is 2.38. The molecular formula is C13H23N. The Morgan fingerprint density at radius 3 is 2.14 bits per heavy atom. The number of hydrogen-bond acceptors (Lipinski definition) is 1. The Bertz CT molecular complexity index is 201. The summed E-state index contributed by atoms with van der Waals surface area (Å²) in [6.07, 6.45) is 10.5. The zero-order valence-electron chi connectivity index (χ0n) is 9.44. The highest BCUT2D eigenvalue weighted by Crippen LogP contribution is 2.35. The van der Waals surface area contributed by atoms with E-state index in [1.54, 1.807) is 0 Å². The minimum Gasteiger partial charge on any atom is -0.330 e. The van der Waals surface area contributed by atoms with E-state index >= 15 is 0 Å². The molecule has 0 bridgehead atoms. The van der Waals surface area contributed by atoms with E-state index < -0.39 is 0 Å². The van der Waals surface area contributed by atoms with Crippen LogP contribution >= 0.6 is 0 Å². The molecule has 0 unspecified atom stereocenters. The van der Waals surface area contributed by atoms with Crippen LogP contribution in [-0.2, 0) is 0 Å². The highest BCUT2D eigenvalue weighted by atomic mass is 14.6. The highest BCUT2D eigenvalue weighted by Gasteiger charge is 2.27. The average Bonchev–Trinajstić information content (AvgIpc) is 2.18. The average molecular weight is 193 g/mol. The molecule has 80 valence electrons. The molecule has 1 aliphatic rings. The van der Waals surface area contributed by atoms with Crippen LogP contribution in [0.3, 0.4) is 0 Å². The molecule has 1 nitrogen and oxygen atoms in total. The second-order valence-electron chi connectivity index (χ2n) is 4.58. The van der Waals surface area contributed by atoms with Crippen LogP contribution in [0.4, 0.5) is 0 Å². The molecule has 14 heavy (non-hydrogen) atoms. The van der Waals surface area contributed by atoms with Crippen molar-refractivity contribution in [1.82, 2.24) is 0 Å². The van der Waals surface area contributed by atoms with Gasteiger partial charge >= 0.3 is 0 Å². The lowest BCUT2D eigenvalue weighted by Gasteiger charge is -2.32. The lowest BCUT2D eigenvalue weighted by atomic mass is 9.74. The lowest BCUT2D eigenvalue weighted by Crippen LogP contribution is -2.31. The van der Waals surface area contributed by atoms with Crippen molar-refractivity contribution in [3.8, 4) is 11.8 Å². The fourth-order valence-electron chi connectivity index (χ4n) is 2.38. The normalized spacial score (nSPS) is 21.6. The minimum atomic E-state index is 0.351. The quantitative estimate of drug-likeness (QED) is 0.670. The first kappa shape index (κ1) is 11.6. The third-order valence-electron chi connectivity index (χ3n) is 3.49. The SMILES string of the molecule is CC#CCC1(CN)CCCCCCC1. The van der Waals surface area contributed by atoms with Gasteiger partial charge in [0.05, 0.1) is 0 Å². The first-order chi connectivity index (χ1) is 6.83. The molecule has 0 heterocycles. The maximum atomic E-state index is 5.93. The molecule has 1 saturated carbocycles. The molecule has 0 aliphatic heterocycles. The van der Waals surface area contributed by atoms with Gasteiger partial charge in [-0.15, -0.1) is 11.8 Å². The van der Waals surface area contributed by atoms with E-state index in [1.807, 2.05) is 6.92 Å². The molecule has 0 aromatic rings. The molecule has 0 aromatic heterocycles. The smallest absolute Gasteiger partial charge is 0.0157 e. The zero-order valence-corrected chi connectivity index (χ0v) is 9.44. The molecule has 0 spiro atoms. The molecule has 0 aromatic carbocycles. The predicted molar refractivity (Wildman–Crippen MR) is 61.9 cm³/mol. The largest absolute Gasteiger partial charge is 0.330 e. The van der Waals surface area contributed by atoms with Crippen molar-refractivity contribution in [2.75, 3.05) is 6.54 Å². The van der Waals surface area contributed by atoms with Crippen LogP contribution in [0, 0.1) is 17.3 Å². The van der Waals surface area contributed by atoms with E-state index in [4.69, 9.17) is 5.73 Å². The van der Waals surface area contributed by atoms with Crippen LogP contribution in [0.5, 0.6) is 0 Å². The van der Waals surface area contributed by atoms with Crippen LogP contribution in [0.1, 0.15) is 58.3 Å². The van der Waals surface area contributed by atoms with Gasteiger partial charge in [0.2, 0.25) is 0 Å². The van der Waals surface area contributed by atoms with Crippen LogP contribution in [-0.4, -0.2) is 6.54 Å². The van der Waals surface area contributed by atoms with Crippen molar-refractivity contribution >= 4 is 0 Å². The van der Waals surface area contributed by atoms with Gasteiger partial charge in [-0.2, -0.15) is 0 Å². The first-order valence-corrected chi connectivity index (χ1v) is 5.93. The van der Waals surface area contributed by atoms with Crippen molar-refractivity contribution in [3.05, 3.63) is 0 Å². The van der Waals surface area contributed by atoms with Gasteiger partial charge in [-0.1, -0.05) is 32.1 Å². The molecule has 0 amide bonds. The Labute approximate surface area is 88.5 Å². The van der Waals surface area contributed by atoms with Crippen LogP contribution in [0.2, 0.25) is 0 Å². The van der Waals surface area contributed by atoms with Gasteiger partial charge in [0, 0.05) is 6.42 Å². The van der Waals surface area contributed by atoms with Crippen molar-refractivity contribution in [2.45, 2.75) is 58.3 Å². The van der Waals surface area contributed by atoms with E-state index in [9.17, 15) is 0 Å². The summed E-state index contributed by atoms with van der Waals surface area (Å²) >= 11 is 0. The van der Waals surface area contributed by atoms with E-state index in [1.165, 1.54) is 44.9 Å². The summed E-state index contributed by atoms with van der Waals surface area (Å²) < 4.78 is 0. The Morgan fingerprint density at radius 1 is 1.07 bits per heavy atom. The van der Waals surface area contributed by atoms with Crippen LogP contribution in [0.15, 0.2) is 0 Å². The Kier molecular flexibility index (Phi) is 5.04. The van der Waals surface area contributed by atoms with Crippen molar-refractivity contribution in [1.29, 1.82) is 0 Å². The third kappa shape index (κ3) is 3.35. The number of nitrogens with two attached hydrogens (primary N) is 1. The molecule has 1 aliphatic carbocycles. The molecule has 2 N–H and O–H groups in total. The zero-order chi connectivity index (χ0) is 10.3. The maximum Gasteiger partial charge on any atom is 0.0157 e. The second-order valence-corrected chi connectivity index (χ2v) is 4.58. The Morgan fingerprint density at radius 2 is 1.64 bits per heavy atom. The number of rotatable bonds is 2. The summed E-state index contributed by atoms with van der Waals surface area (Å²) in [7, 11) is 0. The second kappa shape index (κ2) is 6.09. The van der Waals surface area contributed by atoms with Crippen molar-refractivity contribution < 1.29 is 0 Å². The van der Waals surface area contributed by atoms with E-state index in [0.29, 0.717) is 5.41 Å². The van der Waals surface area contributed by atoms with Gasteiger partial charge in [-0.05, 0) is 31.7 Å². The molecular weight excluding hydrogens is 170 g/mol. The maximum absolute atomic E-state index is 5.93. The predicted octanol–water partition coefficient (Wildman–Crippen LogP) is 3.09. The topological polar surface area (TPSA) is 26.0 Å². The lowest BCUT2D eigenvalue weighted by molar-refractivity contribution is 0.225. The van der Waals surface area contributed by atoms with Gasteiger partial charge in [0.25, 0.3) is 0 Å². The molecule has 1 fully saturated rings. The molecule has 0 saturated heterocycles. The summed E-state index contributed by atoms with van der Waals surface area (Å²) in [5.74, 6) is 6.23. The van der Waals surface area contributed by atoms with Crippen LogP contribution < -0.4 is 5.73 Å². The Hall–Kier alpha value is -0.480. The van der Waals surface area contributed by atoms with E-state index in [0.717, 1.165) is 13.0 Å². The summed E-state index contributed by atoms with van der Waals surface area (Å²) in [5.41, 5.74) is 6.28.